The van der Waals surface area contributed by atoms with Crippen LogP contribution in [0.25, 0.3) is 0 Å². The number of nitrogens with one attached hydrogen (secondary N) is 1. The van der Waals surface area contributed by atoms with E-state index < -0.39 is 11.9 Å². The fourth-order valence-corrected chi connectivity index (χ4v) is 2.62. The normalized spacial score (nSPS) is 19.1. The molecule has 1 N–H and O–H groups in total. The van der Waals surface area contributed by atoms with Gasteiger partial charge in [-0.25, -0.2) is 4.39 Å². The smallest absolute Gasteiger partial charge is 0.243 e. The molecule has 1 aliphatic heterocycles. The van der Waals surface area contributed by atoms with Gasteiger partial charge in [0.15, 0.2) is 0 Å². The highest BCUT2D eigenvalue weighted by Crippen LogP contribution is 2.23. The molecule has 0 spiro atoms. The molecule has 1 atom stereocenters. The van der Waals surface area contributed by atoms with Crippen molar-refractivity contribution in [1.82, 2.24) is 10.2 Å². The molecule has 0 saturated carbocycles. The SMILES string of the molecule is CC(C)CC1C(=O)NCC(=O)N1Cc1cccc(Cl)c1F. The fourth-order valence-electron chi connectivity index (χ4n) is 2.43. The first-order valence-electron chi connectivity index (χ1n) is 6.90. The van der Waals surface area contributed by atoms with E-state index in [4.69, 9.17) is 11.6 Å². The first kappa shape index (κ1) is 15.8. The van der Waals surface area contributed by atoms with Crippen LogP contribution in [0.5, 0.6) is 0 Å². The molecule has 2 rings (SSSR count). The lowest BCUT2D eigenvalue weighted by Crippen LogP contribution is -2.58. The molecule has 1 unspecified atom stereocenters. The summed E-state index contributed by atoms with van der Waals surface area (Å²) >= 11 is 5.76. The molecule has 114 valence electrons. The molecule has 4 nitrogen and oxygen atoms in total. The van der Waals surface area contributed by atoms with Gasteiger partial charge in [0.05, 0.1) is 11.6 Å². The van der Waals surface area contributed by atoms with Gasteiger partial charge in [0.25, 0.3) is 0 Å². The van der Waals surface area contributed by atoms with Crippen molar-refractivity contribution >= 4 is 23.4 Å². The highest BCUT2D eigenvalue weighted by molar-refractivity contribution is 6.30. The highest BCUT2D eigenvalue weighted by atomic mass is 35.5. The van der Waals surface area contributed by atoms with Crippen molar-refractivity contribution in [3.63, 3.8) is 0 Å². The summed E-state index contributed by atoms with van der Waals surface area (Å²) in [6, 6.07) is 4.10. The Hall–Kier alpha value is -1.62. The number of benzene rings is 1. The molecule has 1 fully saturated rings. The van der Waals surface area contributed by atoms with Gasteiger partial charge in [0, 0.05) is 12.1 Å². The van der Waals surface area contributed by atoms with Crippen molar-refractivity contribution in [2.45, 2.75) is 32.9 Å². The molecule has 0 bridgehead atoms. The second kappa shape index (κ2) is 6.43. The van der Waals surface area contributed by atoms with E-state index in [1.54, 1.807) is 12.1 Å². The van der Waals surface area contributed by atoms with Crippen LogP contribution in [0, 0.1) is 11.7 Å². The summed E-state index contributed by atoms with van der Waals surface area (Å²) in [6.07, 6.45) is 0.541. The summed E-state index contributed by atoms with van der Waals surface area (Å²) in [5.74, 6) is -0.690. The Bertz CT molecular complexity index is 563. The second-order valence-corrected chi connectivity index (χ2v) is 6.00. The van der Waals surface area contributed by atoms with E-state index in [0.29, 0.717) is 12.0 Å². The van der Waals surface area contributed by atoms with Crippen molar-refractivity contribution < 1.29 is 14.0 Å². The molecule has 1 aliphatic rings. The van der Waals surface area contributed by atoms with Crippen LogP contribution in [0.1, 0.15) is 25.8 Å². The quantitative estimate of drug-likeness (QED) is 0.928. The third-order valence-corrected chi connectivity index (χ3v) is 3.77. The molecule has 21 heavy (non-hydrogen) atoms. The van der Waals surface area contributed by atoms with Crippen LogP contribution >= 0.6 is 11.6 Å². The van der Waals surface area contributed by atoms with Gasteiger partial charge in [-0.3, -0.25) is 9.59 Å². The highest BCUT2D eigenvalue weighted by Gasteiger charge is 2.35. The third kappa shape index (κ3) is 3.53. The summed E-state index contributed by atoms with van der Waals surface area (Å²) in [6.45, 7) is 3.96. The van der Waals surface area contributed by atoms with E-state index in [9.17, 15) is 14.0 Å². The van der Waals surface area contributed by atoms with Crippen molar-refractivity contribution in [3.8, 4) is 0 Å². The number of carbonyl (C=O) groups excluding carboxylic acids is 2. The zero-order chi connectivity index (χ0) is 15.6. The van der Waals surface area contributed by atoms with Gasteiger partial charge in [-0.1, -0.05) is 37.6 Å². The van der Waals surface area contributed by atoms with Crippen LogP contribution in [0.3, 0.4) is 0 Å². The van der Waals surface area contributed by atoms with Crippen molar-refractivity contribution in [1.29, 1.82) is 0 Å². The number of nitrogens with zero attached hydrogens (tertiary/aromatic N) is 1. The van der Waals surface area contributed by atoms with E-state index in [1.165, 1.54) is 11.0 Å². The van der Waals surface area contributed by atoms with E-state index >= 15 is 0 Å². The van der Waals surface area contributed by atoms with Crippen LogP contribution < -0.4 is 5.32 Å². The van der Waals surface area contributed by atoms with Crippen LogP contribution in [0.15, 0.2) is 18.2 Å². The minimum Gasteiger partial charge on any atom is -0.345 e. The monoisotopic (exact) mass is 312 g/mol. The fraction of sp³-hybridized carbons (Fsp3) is 0.467. The molecule has 1 heterocycles. The zero-order valence-corrected chi connectivity index (χ0v) is 12.8. The number of hydrogen-bond acceptors (Lipinski definition) is 2. The van der Waals surface area contributed by atoms with E-state index in [-0.39, 0.29) is 35.8 Å². The summed E-state index contributed by atoms with van der Waals surface area (Å²) in [4.78, 5) is 25.5. The third-order valence-electron chi connectivity index (χ3n) is 3.48. The van der Waals surface area contributed by atoms with Crippen LogP contribution in [0.4, 0.5) is 4.39 Å². The molecule has 0 radical (unpaired) electrons. The Kier molecular flexibility index (Phi) is 4.83. The Morgan fingerprint density at radius 3 is 2.81 bits per heavy atom. The number of rotatable bonds is 4. The Morgan fingerprint density at radius 2 is 2.14 bits per heavy atom. The Labute approximate surface area is 128 Å². The molecule has 2 amide bonds. The average Bonchev–Trinajstić information content (AvgIpc) is 2.42. The predicted octanol–water partition coefficient (Wildman–Crippen LogP) is 2.35. The molecule has 0 aliphatic carbocycles. The first-order chi connectivity index (χ1) is 9.90. The summed E-state index contributed by atoms with van der Waals surface area (Å²) in [5, 5.41) is 2.59. The van der Waals surface area contributed by atoms with Gasteiger partial charge in [0.2, 0.25) is 11.8 Å². The topological polar surface area (TPSA) is 49.4 Å². The lowest BCUT2D eigenvalue weighted by molar-refractivity contribution is -0.146. The Balaban J connectivity index is 2.26. The van der Waals surface area contributed by atoms with E-state index in [0.717, 1.165) is 0 Å². The van der Waals surface area contributed by atoms with Crippen molar-refractivity contribution in [2.24, 2.45) is 5.92 Å². The summed E-state index contributed by atoms with van der Waals surface area (Å²) < 4.78 is 14.0. The van der Waals surface area contributed by atoms with E-state index in [1.807, 2.05) is 13.8 Å². The van der Waals surface area contributed by atoms with Gasteiger partial charge in [-0.05, 0) is 18.4 Å². The molecule has 0 aromatic heterocycles. The molecule has 1 aromatic rings. The van der Waals surface area contributed by atoms with Crippen LogP contribution in [0.2, 0.25) is 5.02 Å². The number of carbonyl (C=O) groups is 2. The first-order valence-corrected chi connectivity index (χ1v) is 7.28. The number of piperazine rings is 1. The van der Waals surface area contributed by atoms with Gasteiger partial charge in [-0.15, -0.1) is 0 Å². The van der Waals surface area contributed by atoms with Crippen molar-refractivity contribution in [3.05, 3.63) is 34.6 Å². The summed E-state index contributed by atoms with van der Waals surface area (Å²) in [5.41, 5.74) is 0.319. The van der Waals surface area contributed by atoms with Gasteiger partial charge < -0.3 is 10.2 Å². The minimum absolute atomic E-state index is 0.0156. The number of halogens is 2. The molecule has 6 heteroatoms. The lowest BCUT2D eigenvalue weighted by Gasteiger charge is -2.36. The van der Waals surface area contributed by atoms with Gasteiger partial charge in [-0.2, -0.15) is 0 Å². The molecule has 1 aromatic carbocycles. The lowest BCUT2D eigenvalue weighted by atomic mass is 9.99. The predicted molar refractivity (Wildman–Crippen MR) is 78.2 cm³/mol. The average molecular weight is 313 g/mol. The van der Waals surface area contributed by atoms with Crippen LogP contribution in [-0.4, -0.2) is 29.3 Å². The van der Waals surface area contributed by atoms with Crippen molar-refractivity contribution in [2.75, 3.05) is 6.54 Å². The van der Waals surface area contributed by atoms with E-state index in [2.05, 4.69) is 5.32 Å². The molecule has 1 saturated heterocycles. The maximum atomic E-state index is 14.0. The number of amides is 2. The minimum atomic E-state index is -0.565. The maximum absolute atomic E-state index is 14.0. The summed E-state index contributed by atoms with van der Waals surface area (Å²) in [7, 11) is 0. The second-order valence-electron chi connectivity index (χ2n) is 5.60. The zero-order valence-electron chi connectivity index (χ0n) is 12.0. The largest absolute Gasteiger partial charge is 0.345 e. The maximum Gasteiger partial charge on any atom is 0.243 e. The molecular formula is C15H18ClFN2O2. The number of hydrogen-bond donors (Lipinski definition) is 1. The van der Waals surface area contributed by atoms with Gasteiger partial charge in [0.1, 0.15) is 11.9 Å². The standard InChI is InChI=1S/C15H18ClFN2O2/c1-9(2)6-12-15(21)18-7-13(20)19(12)8-10-4-3-5-11(16)14(10)17/h3-5,9,12H,6-8H2,1-2H3,(H,18,21). The van der Waals surface area contributed by atoms with Gasteiger partial charge >= 0.3 is 0 Å². The van der Waals surface area contributed by atoms with Crippen LogP contribution in [-0.2, 0) is 16.1 Å². The molecular weight excluding hydrogens is 295 g/mol. The Morgan fingerprint density at radius 1 is 1.43 bits per heavy atom.